The van der Waals surface area contributed by atoms with Crippen molar-refractivity contribution >= 4 is 16.7 Å². The Hall–Kier alpha value is -1.75. The van der Waals surface area contributed by atoms with Crippen LogP contribution < -0.4 is 11.5 Å². The van der Waals surface area contributed by atoms with E-state index in [1.807, 2.05) is 6.92 Å². The van der Waals surface area contributed by atoms with Crippen molar-refractivity contribution in [1.29, 1.82) is 0 Å². The minimum absolute atomic E-state index is 0.0505. The van der Waals surface area contributed by atoms with Crippen LogP contribution in [0, 0.1) is 5.82 Å². The largest absolute Gasteiger partial charge is 0.383 e. The van der Waals surface area contributed by atoms with Gasteiger partial charge in [0, 0.05) is 23.9 Å². The van der Waals surface area contributed by atoms with Crippen molar-refractivity contribution in [3.63, 3.8) is 0 Å². The normalized spacial score (nSPS) is 12.9. The van der Waals surface area contributed by atoms with E-state index in [0.29, 0.717) is 29.0 Å². The van der Waals surface area contributed by atoms with Crippen molar-refractivity contribution in [1.82, 2.24) is 9.97 Å². The summed E-state index contributed by atoms with van der Waals surface area (Å²) in [6.45, 7) is 1.86. The van der Waals surface area contributed by atoms with Crippen LogP contribution in [0.1, 0.15) is 12.7 Å². The molecule has 0 amide bonds. The van der Waals surface area contributed by atoms with Crippen molar-refractivity contribution < 1.29 is 4.39 Å². The van der Waals surface area contributed by atoms with Crippen LogP contribution in [0.3, 0.4) is 0 Å². The number of anilines is 1. The first-order valence-electron chi connectivity index (χ1n) is 5.03. The summed E-state index contributed by atoms with van der Waals surface area (Å²) in [5, 5.41) is 0.662. The van der Waals surface area contributed by atoms with Gasteiger partial charge in [-0.3, -0.25) is 0 Å². The predicted octanol–water partition coefficient (Wildman–Crippen LogP) is 1.24. The first-order valence-corrected chi connectivity index (χ1v) is 5.03. The molecule has 0 fully saturated rings. The van der Waals surface area contributed by atoms with Gasteiger partial charge in [-0.15, -0.1) is 0 Å². The van der Waals surface area contributed by atoms with Gasteiger partial charge in [-0.2, -0.15) is 0 Å². The van der Waals surface area contributed by atoms with E-state index < -0.39 is 0 Å². The van der Waals surface area contributed by atoms with Crippen LogP contribution in [-0.4, -0.2) is 16.0 Å². The Morgan fingerprint density at radius 2 is 2.12 bits per heavy atom. The molecule has 5 heteroatoms. The molecule has 2 aromatic rings. The molecule has 0 saturated carbocycles. The Balaban J connectivity index is 2.56. The van der Waals surface area contributed by atoms with Gasteiger partial charge in [0.25, 0.3) is 0 Å². The topological polar surface area (TPSA) is 77.8 Å². The van der Waals surface area contributed by atoms with Crippen LogP contribution in [0.4, 0.5) is 10.2 Å². The molecule has 1 aromatic carbocycles. The summed E-state index contributed by atoms with van der Waals surface area (Å²) < 4.78 is 13.0. The fourth-order valence-corrected chi connectivity index (χ4v) is 1.56. The molecule has 84 valence electrons. The van der Waals surface area contributed by atoms with Crippen LogP contribution in [-0.2, 0) is 6.42 Å². The number of aromatic nitrogens is 2. The first kappa shape index (κ1) is 10.8. The third-order valence-electron chi connectivity index (χ3n) is 2.24. The molecule has 0 saturated heterocycles. The monoisotopic (exact) mass is 220 g/mol. The molecular formula is C11H13FN4. The Kier molecular flexibility index (Phi) is 2.70. The zero-order chi connectivity index (χ0) is 11.7. The van der Waals surface area contributed by atoms with Crippen molar-refractivity contribution in [2.24, 2.45) is 5.73 Å². The lowest BCUT2D eigenvalue weighted by Gasteiger charge is -2.07. The smallest absolute Gasteiger partial charge is 0.135 e. The molecule has 0 aliphatic heterocycles. The third-order valence-corrected chi connectivity index (χ3v) is 2.24. The van der Waals surface area contributed by atoms with E-state index in [-0.39, 0.29) is 11.9 Å². The quantitative estimate of drug-likeness (QED) is 0.798. The Labute approximate surface area is 92.5 Å². The fourth-order valence-electron chi connectivity index (χ4n) is 1.56. The summed E-state index contributed by atoms with van der Waals surface area (Å²) in [5.41, 5.74) is 11.9. The molecule has 0 bridgehead atoms. The maximum atomic E-state index is 13.0. The average molecular weight is 220 g/mol. The number of benzene rings is 1. The lowest BCUT2D eigenvalue weighted by Crippen LogP contribution is -2.19. The van der Waals surface area contributed by atoms with Gasteiger partial charge in [-0.25, -0.2) is 14.4 Å². The van der Waals surface area contributed by atoms with E-state index in [1.54, 1.807) is 6.07 Å². The lowest BCUT2D eigenvalue weighted by molar-refractivity contribution is 0.629. The summed E-state index contributed by atoms with van der Waals surface area (Å²) in [4.78, 5) is 8.36. The summed E-state index contributed by atoms with van der Waals surface area (Å²) in [6, 6.07) is 4.21. The van der Waals surface area contributed by atoms with Crippen LogP contribution >= 0.6 is 0 Å². The highest BCUT2D eigenvalue weighted by atomic mass is 19.1. The average Bonchev–Trinajstić information content (AvgIpc) is 2.15. The van der Waals surface area contributed by atoms with Gasteiger partial charge in [0.15, 0.2) is 0 Å². The SMILES string of the molecule is CC(N)Cc1nc(N)c2ccc(F)cc2n1. The maximum absolute atomic E-state index is 13.0. The number of halogens is 1. The van der Waals surface area contributed by atoms with Crippen LogP contribution in [0.15, 0.2) is 18.2 Å². The van der Waals surface area contributed by atoms with Crippen LogP contribution in [0.25, 0.3) is 10.9 Å². The summed E-state index contributed by atoms with van der Waals surface area (Å²) >= 11 is 0. The van der Waals surface area contributed by atoms with Gasteiger partial charge in [0.05, 0.1) is 5.52 Å². The van der Waals surface area contributed by atoms with E-state index in [2.05, 4.69) is 9.97 Å². The summed E-state index contributed by atoms with van der Waals surface area (Å²) in [7, 11) is 0. The second kappa shape index (κ2) is 4.02. The number of hydrogen-bond donors (Lipinski definition) is 2. The summed E-state index contributed by atoms with van der Waals surface area (Å²) in [5.74, 6) is 0.573. The fraction of sp³-hybridized carbons (Fsp3) is 0.273. The van der Waals surface area contributed by atoms with Gasteiger partial charge in [-0.1, -0.05) is 0 Å². The molecule has 0 spiro atoms. The summed E-state index contributed by atoms with van der Waals surface area (Å²) in [6.07, 6.45) is 0.524. The molecule has 1 aromatic heterocycles. The lowest BCUT2D eigenvalue weighted by atomic mass is 10.2. The molecule has 4 N–H and O–H groups in total. The Bertz CT molecular complexity index is 525. The number of rotatable bonds is 2. The van der Waals surface area contributed by atoms with E-state index in [9.17, 15) is 4.39 Å². The highest BCUT2D eigenvalue weighted by molar-refractivity contribution is 5.87. The molecule has 1 unspecified atom stereocenters. The number of fused-ring (bicyclic) bond motifs is 1. The molecular weight excluding hydrogens is 207 g/mol. The zero-order valence-electron chi connectivity index (χ0n) is 8.94. The van der Waals surface area contributed by atoms with Crippen molar-refractivity contribution in [3.05, 3.63) is 29.8 Å². The van der Waals surface area contributed by atoms with Gasteiger partial charge in [-0.05, 0) is 19.1 Å². The zero-order valence-corrected chi connectivity index (χ0v) is 8.94. The minimum atomic E-state index is -0.336. The molecule has 1 atom stereocenters. The van der Waals surface area contributed by atoms with E-state index in [1.165, 1.54) is 12.1 Å². The molecule has 2 rings (SSSR count). The highest BCUT2D eigenvalue weighted by Gasteiger charge is 2.07. The van der Waals surface area contributed by atoms with Crippen LogP contribution in [0.2, 0.25) is 0 Å². The third kappa shape index (κ3) is 2.09. The van der Waals surface area contributed by atoms with E-state index >= 15 is 0 Å². The molecule has 0 aliphatic rings. The number of nitrogen functional groups attached to an aromatic ring is 1. The molecule has 4 nitrogen and oxygen atoms in total. The second-order valence-corrected chi connectivity index (χ2v) is 3.87. The number of hydrogen-bond acceptors (Lipinski definition) is 4. The van der Waals surface area contributed by atoms with Gasteiger partial charge in [0.2, 0.25) is 0 Å². The molecule has 1 heterocycles. The Morgan fingerprint density at radius 3 is 2.81 bits per heavy atom. The van der Waals surface area contributed by atoms with Gasteiger partial charge >= 0.3 is 0 Å². The van der Waals surface area contributed by atoms with E-state index in [4.69, 9.17) is 11.5 Å². The number of nitrogens with two attached hydrogens (primary N) is 2. The number of nitrogens with zero attached hydrogens (tertiary/aromatic N) is 2. The van der Waals surface area contributed by atoms with E-state index in [0.717, 1.165) is 0 Å². The van der Waals surface area contributed by atoms with Crippen molar-refractivity contribution in [2.75, 3.05) is 5.73 Å². The Morgan fingerprint density at radius 1 is 1.38 bits per heavy atom. The van der Waals surface area contributed by atoms with Crippen molar-refractivity contribution in [3.8, 4) is 0 Å². The molecule has 16 heavy (non-hydrogen) atoms. The first-order chi connectivity index (χ1) is 7.56. The van der Waals surface area contributed by atoms with Crippen LogP contribution in [0.5, 0.6) is 0 Å². The van der Waals surface area contributed by atoms with Gasteiger partial charge < -0.3 is 11.5 Å². The maximum Gasteiger partial charge on any atom is 0.135 e. The molecule has 0 radical (unpaired) electrons. The second-order valence-electron chi connectivity index (χ2n) is 3.87. The highest BCUT2D eigenvalue weighted by Crippen LogP contribution is 2.18. The molecule has 0 aliphatic carbocycles. The van der Waals surface area contributed by atoms with Crippen molar-refractivity contribution in [2.45, 2.75) is 19.4 Å². The standard InChI is InChI=1S/C11H13FN4/c1-6(13)4-10-15-9-5-7(12)2-3-8(9)11(14)16-10/h2-3,5-6H,4,13H2,1H3,(H2,14,15,16). The van der Waals surface area contributed by atoms with Gasteiger partial charge in [0.1, 0.15) is 17.5 Å². The minimum Gasteiger partial charge on any atom is -0.383 e. The predicted molar refractivity (Wildman–Crippen MR) is 61.3 cm³/mol.